The molecule has 2 N–H and O–H groups in total. The Morgan fingerprint density at radius 1 is 1.19 bits per heavy atom. The quantitative estimate of drug-likeness (QED) is 0.742. The fraction of sp³-hybridized carbons (Fsp3) is 0.200. The van der Waals surface area contributed by atoms with Gasteiger partial charge in [-0.15, -0.1) is 0 Å². The van der Waals surface area contributed by atoms with Crippen LogP contribution in [0.15, 0.2) is 59.7 Å². The van der Waals surface area contributed by atoms with Crippen LogP contribution in [0.3, 0.4) is 0 Å². The van der Waals surface area contributed by atoms with Crippen LogP contribution in [-0.4, -0.2) is 20.9 Å². The van der Waals surface area contributed by atoms with E-state index in [1.54, 1.807) is 6.20 Å². The van der Waals surface area contributed by atoms with Gasteiger partial charge in [-0.2, -0.15) is 0 Å². The van der Waals surface area contributed by atoms with Crippen LogP contribution in [-0.2, 0) is 0 Å². The van der Waals surface area contributed by atoms with E-state index in [4.69, 9.17) is 0 Å². The molecule has 3 aromatic rings. The van der Waals surface area contributed by atoms with Crippen LogP contribution in [0.2, 0.25) is 0 Å². The minimum atomic E-state index is -0.469. The number of hydrogen-bond donors (Lipinski definition) is 2. The normalized spacial score (nSPS) is 11.8. The Kier molecular flexibility index (Phi) is 5.22. The molecule has 3 rings (SSSR count). The number of carbonyl (C=O) groups excluding carboxylic acids is 1. The van der Waals surface area contributed by atoms with Gasteiger partial charge in [0, 0.05) is 18.0 Å². The van der Waals surface area contributed by atoms with Gasteiger partial charge in [0.05, 0.1) is 11.7 Å². The molecule has 132 valence electrons. The number of aromatic amines is 1. The molecule has 0 saturated carbocycles. The molecule has 6 heteroatoms. The van der Waals surface area contributed by atoms with Crippen LogP contribution < -0.4 is 10.9 Å². The van der Waals surface area contributed by atoms with Gasteiger partial charge < -0.3 is 10.3 Å². The molecule has 6 nitrogen and oxygen atoms in total. The number of H-pyrrole nitrogens is 1. The summed E-state index contributed by atoms with van der Waals surface area (Å²) in [5, 5.41) is 2.87. The largest absolute Gasteiger partial charge is 0.343 e. The van der Waals surface area contributed by atoms with Gasteiger partial charge in [0.25, 0.3) is 11.5 Å². The first-order valence-corrected chi connectivity index (χ1v) is 8.46. The summed E-state index contributed by atoms with van der Waals surface area (Å²) in [5.41, 5.74) is 2.13. The van der Waals surface area contributed by atoms with Gasteiger partial charge in [-0.1, -0.05) is 37.3 Å². The van der Waals surface area contributed by atoms with Crippen LogP contribution in [0.5, 0.6) is 0 Å². The van der Waals surface area contributed by atoms with Crippen molar-refractivity contribution in [1.29, 1.82) is 0 Å². The first-order valence-electron chi connectivity index (χ1n) is 8.46. The maximum atomic E-state index is 12.5. The molecule has 2 heterocycles. The lowest BCUT2D eigenvalue weighted by Crippen LogP contribution is -2.33. The average Bonchev–Trinajstić information content (AvgIpc) is 2.66. The zero-order chi connectivity index (χ0) is 18.5. The van der Waals surface area contributed by atoms with Crippen molar-refractivity contribution >= 4 is 5.91 Å². The number of nitrogens with zero attached hydrogens (tertiary/aromatic N) is 2. The third kappa shape index (κ3) is 3.85. The van der Waals surface area contributed by atoms with Crippen molar-refractivity contribution in [2.45, 2.75) is 26.3 Å². The van der Waals surface area contributed by atoms with Crippen molar-refractivity contribution < 1.29 is 4.79 Å². The molecule has 2 aromatic heterocycles. The molecule has 1 atom stereocenters. The standard InChI is InChI=1S/C20H20N4O2/c1-3-16(17-11-13(2)9-10-21-17)23-19(25)15-12-22-18(24-20(15)26)14-7-5-4-6-8-14/h4-12,16H,3H2,1-2H3,(H,23,25)(H,22,24,26). The maximum absolute atomic E-state index is 12.5. The fourth-order valence-corrected chi connectivity index (χ4v) is 2.67. The lowest BCUT2D eigenvalue weighted by Gasteiger charge is -2.16. The van der Waals surface area contributed by atoms with Crippen LogP contribution in [0, 0.1) is 6.92 Å². The lowest BCUT2D eigenvalue weighted by atomic mass is 10.1. The molecule has 0 fully saturated rings. The molecule has 0 aliphatic carbocycles. The third-order valence-corrected chi connectivity index (χ3v) is 4.10. The van der Waals surface area contributed by atoms with Crippen LogP contribution in [0.1, 0.15) is 41.0 Å². The van der Waals surface area contributed by atoms with Crippen molar-refractivity contribution in [2.24, 2.45) is 0 Å². The second kappa shape index (κ2) is 7.74. The van der Waals surface area contributed by atoms with Gasteiger partial charge in [0.1, 0.15) is 11.4 Å². The molecule has 1 unspecified atom stereocenters. The molecule has 0 bridgehead atoms. The Bertz CT molecular complexity index is 967. The number of aromatic nitrogens is 3. The predicted octanol–water partition coefficient (Wildman–Crippen LogP) is 3.02. The first kappa shape index (κ1) is 17.5. The minimum absolute atomic E-state index is 0.0178. The second-order valence-electron chi connectivity index (χ2n) is 6.03. The van der Waals surface area contributed by atoms with E-state index in [9.17, 15) is 9.59 Å². The number of pyridine rings is 1. The molecule has 26 heavy (non-hydrogen) atoms. The Hall–Kier alpha value is -3.28. The molecule has 0 spiro atoms. The Morgan fingerprint density at radius 3 is 2.62 bits per heavy atom. The highest BCUT2D eigenvalue weighted by atomic mass is 16.2. The molecule has 1 amide bonds. The van der Waals surface area contributed by atoms with Crippen molar-refractivity contribution in [3.63, 3.8) is 0 Å². The van der Waals surface area contributed by atoms with Gasteiger partial charge in [0.15, 0.2) is 0 Å². The minimum Gasteiger partial charge on any atom is -0.343 e. The number of nitrogens with one attached hydrogen (secondary N) is 2. The molecule has 0 saturated heterocycles. The Labute approximate surface area is 151 Å². The van der Waals surface area contributed by atoms with E-state index in [0.29, 0.717) is 12.2 Å². The number of rotatable bonds is 5. The summed E-state index contributed by atoms with van der Waals surface area (Å²) in [6.07, 6.45) is 3.69. The fourth-order valence-electron chi connectivity index (χ4n) is 2.67. The van der Waals surface area contributed by atoms with Gasteiger partial charge >= 0.3 is 0 Å². The number of benzene rings is 1. The molecule has 0 radical (unpaired) electrons. The third-order valence-electron chi connectivity index (χ3n) is 4.10. The molecule has 0 aliphatic heterocycles. The van der Waals surface area contributed by atoms with Gasteiger partial charge in [-0.25, -0.2) is 4.98 Å². The van der Waals surface area contributed by atoms with Crippen molar-refractivity contribution in [3.05, 3.63) is 82.0 Å². The summed E-state index contributed by atoms with van der Waals surface area (Å²) >= 11 is 0. The summed E-state index contributed by atoms with van der Waals surface area (Å²) in [6, 6.07) is 12.8. The molecular formula is C20H20N4O2. The van der Waals surface area contributed by atoms with Gasteiger partial charge in [-0.05, 0) is 31.0 Å². The van der Waals surface area contributed by atoms with E-state index in [2.05, 4.69) is 20.3 Å². The number of carbonyl (C=O) groups is 1. The summed E-state index contributed by atoms with van der Waals surface area (Å²) in [6.45, 7) is 3.92. The van der Waals surface area contributed by atoms with Gasteiger partial charge in [0.2, 0.25) is 0 Å². The second-order valence-corrected chi connectivity index (χ2v) is 6.03. The summed E-state index contributed by atoms with van der Waals surface area (Å²) in [5.74, 6) is -0.0342. The van der Waals surface area contributed by atoms with Crippen molar-refractivity contribution in [1.82, 2.24) is 20.3 Å². The van der Waals surface area contributed by atoms with Crippen molar-refractivity contribution in [3.8, 4) is 11.4 Å². The molecule has 1 aromatic carbocycles. The summed E-state index contributed by atoms with van der Waals surface area (Å²) < 4.78 is 0. The highest BCUT2D eigenvalue weighted by Crippen LogP contribution is 2.16. The summed E-state index contributed by atoms with van der Waals surface area (Å²) in [7, 11) is 0. The number of aryl methyl sites for hydroxylation is 1. The number of hydrogen-bond acceptors (Lipinski definition) is 4. The van der Waals surface area contributed by atoms with E-state index in [1.165, 1.54) is 6.20 Å². The van der Waals surface area contributed by atoms with E-state index in [-0.39, 0.29) is 11.6 Å². The van der Waals surface area contributed by atoms with Gasteiger partial charge in [-0.3, -0.25) is 14.6 Å². The highest BCUT2D eigenvalue weighted by molar-refractivity contribution is 5.93. The molecular weight excluding hydrogens is 328 g/mol. The van der Waals surface area contributed by atoms with E-state index in [1.807, 2.05) is 56.3 Å². The van der Waals surface area contributed by atoms with E-state index in [0.717, 1.165) is 16.8 Å². The van der Waals surface area contributed by atoms with Crippen molar-refractivity contribution in [2.75, 3.05) is 0 Å². The van der Waals surface area contributed by atoms with Crippen LogP contribution >= 0.6 is 0 Å². The van der Waals surface area contributed by atoms with Crippen LogP contribution in [0.25, 0.3) is 11.4 Å². The zero-order valence-corrected chi connectivity index (χ0v) is 14.7. The molecule has 0 aliphatic rings. The predicted molar refractivity (Wildman–Crippen MR) is 99.8 cm³/mol. The average molecular weight is 348 g/mol. The smallest absolute Gasteiger partial charge is 0.264 e. The van der Waals surface area contributed by atoms with E-state index >= 15 is 0 Å². The first-order chi connectivity index (χ1) is 12.6. The highest BCUT2D eigenvalue weighted by Gasteiger charge is 2.18. The van der Waals surface area contributed by atoms with E-state index < -0.39 is 11.5 Å². The lowest BCUT2D eigenvalue weighted by molar-refractivity contribution is 0.0932. The number of amides is 1. The SMILES string of the molecule is CCC(NC(=O)c1cnc(-c2ccccc2)[nH]c1=O)c1cc(C)ccn1. The summed E-state index contributed by atoms with van der Waals surface area (Å²) in [4.78, 5) is 36.1. The Morgan fingerprint density at radius 2 is 1.96 bits per heavy atom. The maximum Gasteiger partial charge on any atom is 0.264 e. The Balaban J connectivity index is 1.82. The van der Waals surface area contributed by atoms with Crippen LogP contribution in [0.4, 0.5) is 0 Å². The monoisotopic (exact) mass is 348 g/mol. The topological polar surface area (TPSA) is 87.7 Å². The zero-order valence-electron chi connectivity index (χ0n) is 14.7.